The molecule has 1 aliphatic carbocycles. The highest BCUT2D eigenvalue weighted by Gasteiger charge is 2.17. The summed E-state index contributed by atoms with van der Waals surface area (Å²) in [5.74, 6) is 1.46. The van der Waals surface area contributed by atoms with E-state index in [4.69, 9.17) is 13.9 Å². The third-order valence-electron chi connectivity index (χ3n) is 5.49. The summed E-state index contributed by atoms with van der Waals surface area (Å²) in [5.41, 5.74) is 5.34. The Balaban J connectivity index is 1.60. The van der Waals surface area contributed by atoms with Gasteiger partial charge >= 0.3 is 5.63 Å². The fourth-order valence-electron chi connectivity index (χ4n) is 4.17. The molecule has 1 aliphatic rings. The molecule has 1 heterocycles. The van der Waals surface area contributed by atoms with Gasteiger partial charge in [0.2, 0.25) is 0 Å². The first-order valence-corrected chi connectivity index (χ1v) is 9.68. The van der Waals surface area contributed by atoms with Crippen molar-refractivity contribution in [2.45, 2.75) is 32.4 Å². The van der Waals surface area contributed by atoms with E-state index >= 15 is 0 Å². The zero-order chi connectivity index (χ0) is 19.7. The van der Waals surface area contributed by atoms with E-state index in [0.717, 1.165) is 53.9 Å². The Morgan fingerprint density at radius 2 is 1.71 bits per heavy atom. The van der Waals surface area contributed by atoms with Crippen LogP contribution in [0, 0.1) is 0 Å². The van der Waals surface area contributed by atoms with Gasteiger partial charge < -0.3 is 18.8 Å². The molecule has 1 N–H and O–H groups in total. The number of nitrogens with one attached hydrogen (secondary N) is 1. The molecule has 1 unspecified atom stereocenters. The van der Waals surface area contributed by atoms with Crippen molar-refractivity contribution < 1.29 is 18.8 Å². The van der Waals surface area contributed by atoms with Crippen LogP contribution in [0.2, 0.25) is 0 Å². The SMILES string of the molecule is COc1ccc(C[NH+](C)Cc2cc(=O)oc3cc4c(cc23)CCC4)cc1OC. The first-order valence-electron chi connectivity index (χ1n) is 9.68. The van der Waals surface area contributed by atoms with Crippen LogP contribution in [0.5, 0.6) is 11.5 Å². The van der Waals surface area contributed by atoms with Crippen LogP contribution in [0.15, 0.2) is 45.6 Å². The van der Waals surface area contributed by atoms with Crippen molar-refractivity contribution >= 4 is 11.0 Å². The maximum Gasteiger partial charge on any atom is 0.336 e. The maximum atomic E-state index is 12.1. The van der Waals surface area contributed by atoms with E-state index in [1.165, 1.54) is 22.4 Å². The fourth-order valence-corrected chi connectivity index (χ4v) is 4.17. The molecule has 0 saturated carbocycles. The van der Waals surface area contributed by atoms with Crippen LogP contribution in [0.1, 0.15) is 28.7 Å². The molecule has 0 bridgehead atoms. The van der Waals surface area contributed by atoms with Gasteiger partial charge in [0.15, 0.2) is 11.5 Å². The van der Waals surface area contributed by atoms with Crippen LogP contribution in [0.3, 0.4) is 0 Å². The first kappa shape index (κ1) is 18.6. The van der Waals surface area contributed by atoms with Gasteiger partial charge in [0.25, 0.3) is 0 Å². The second kappa shape index (κ2) is 7.68. The molecule has 0 fully saturated rings. The molecular formula is C23H26NO4+. The van der Waals surface area contributed by atoms with Gasteiger partial charge in [-0.15, -0.1) is 0 Å². The summed E-state index contributed by atoms with van der Waals surface area (Å²) < 4.78 is 16.2. The minimum atomic E-state index is -0.278. The van der Waals surface area contributed by atoms with Gasteiger partial charge in [0.1, 0.15) is 18.7 Å². The minimum Gasteiger partial charge on any atom is -0.493 e. The Morgan fingerprint density at radius 3 is 2.46 bits per heavy atom. The lowest BCUT2D eigenvalue weighted by molar-refractivity contribution is -0.907. The summed E-state index contributed by atoms with van der Waals surface area (Å²) in [4.78, 5) is 13.4. The Bertz CT molecular complexity index is 1070. The molecule has 0 spiro atoms. The van der Waals surface area contributed by atoms with E-state index < -0.39 is 0 Å². The highest BCUT2D eigenvalue weighted by Crippen LogP contribution is 2.29. The first-order chi connectivity index (χ1) is 13.6. The second-order valence-corrected chi connectivity index (χ2v) is 7.56. The van der Waals surface area contributed by atoms with E-state index in [9.17, 15) is 4.79 Å². The van der Waals surface area contributed by atoms with E-state index in [1.807, 2.05) is 12.1 Å². The van der Waals surface area contributed by atoms with Gasteiger partial charge in [0, 0.05) is 22.6 Å². The lowest BCUT2D eigenvalue weighted by Crippen LogP contribution is -3.06. The Morgan fingerprint density at radius 1 is 0.964 bits per heavy atom. The van der Waals surface area contributed by atoms with Gasteiger partial charge in [-0.3, -0.25) is 0 Å². The summed E-state index contributed by atoms with van der Waals surface area (Å²) in [7, 11) is 5.41. The molecule has 0 radical (unpaired) electrons. The molecule has 5 nitrogen and oxygen atoms in total. The molecule has 0 saturated heterocycles. The van der Waals surface area contributed by atoms with Gasteiger partial charge in [-0.25, -0.2) is 4.79 Å². The summed E-state index contributed by atoms with van der Waals surface area (Å²) in [5, 5.41) is 1.06. The second-order valence-electron chi connectivity index (χ2n) is 7.56. The smallest absolute Gasteiger partial charge is 0.336 e. The molecule has 3 aromatic rings. The van der Waals surface area contributed by atoms with Crippen molar-refractivity contribution in [3.63, 3.8) is 0 Å². The van der Waals surface area contributed by atoms with Crippen LogP contribution in [-0.2, 0) is 25.9 Å². The molecule has 0 aliphatic heterocycles. The number of hydrogen-bond donors (Lipinski definition) is 1. The van der Waals surface area contributed by atoms with Gasteiger partial charge in [-0.1, -0.05) is 0 Å². The number of ether oxygens (including phenoxy) is 2. The Labute approximate surface area is 164 Å². The van der Waals surface area contributed by atoms with Crippen LogP contribution in [0.4, 0.5) is 0 Å². The Hall–Kier alpha value is -2.79. The van der Waals surface area contributed by atoms with Crippen molar-refractivity contribution in [1.82, 2.24) is 0 Å². The van der Waals surface area contributed by atoms with E-state index in [0.29, 0.717) is 5.58 Å². The number of aryl methyl sites for hydroxylation is 2. The number of hydrogen-bond acceptors (Lipinski definition) is 4. The van der Waals surface area contributed by atoms with Crippen molar-refractivity contribution in [3.05, 3.63) is 69.1 Å². The van der Waals surface area contributed by atoms with Gasteiger partial charge in [0.05, 0.1) is 21.3 Å². The quantitative estimate of drug-likeness (QED) is 0.668. The minimum absolute atomic E-state index is 0.278. The molecule has 146 valence electrons. The van der Waals surface area contributed by atoms with Crippen LogP contribution >= 0.6 is 0 Å². The van der Waals surface area contributed by atoms with Crippen molar-refractivity contribution in [1.29, 1.82) is 0 Å². The monoisotopic (exact) mass is 380 g/mol. The van der Waals surface area contributed by atoms with E-state index in [-0.39, 0.29) is 5.63 Å². The number of fused-ring (bicyclic) bond motifs is 2. The summed E-state index contributed by atoms with van der Waals surface area (Å²) in [6.07, 6.45) is 3.36. The number of benzene rings is 2. The van der Waals surface area contributed by atoms with E-state index in [2.05, 4.69) is 25.2 Å². The summed E-state index contributed by atoms with van der Waals surface area (Å²) >= 11 is 0. The molecular weight excluding hydrogens is 354 g/mol. The third-order valence-corrected chi connectivity index (χ3v) is 5.49. The lowest BCUT2D eigenvalue weighted by atomic mass is 10.0. The molecule has 1 aromatic heterocycles. The fraction of sp³-hybridized carbons (Fsp3) is 0.348. The number of rotatable bonds is 6. The van der Waals surface area contributed by atoms with Crippen LogP contribution < -0.4 is 20.0 Å². The summed E-state index contributed by atoms with van der Waals surface area (Å²) in [6, 6.07) is 11.9. The van der Waals surface area contributed by atoms with Crippen LogP contribution in [-0.4, -0.2) is 21.3 Å². The average molecular weight is 380 g/mol. The van der Waals surface area contributed by atoms with Crippen molar-refractivity contribution in [3.8, 4) is 11.5 Å². The zero-order valence-electron chi connectivity index (χ0n) is 16.6. The average Bonchev–Trinajstić information content (AvgIpc) is 3.13. The molecule has 2 aromatic carbocycles. The largest absolute Gasteiger partial charge is 0.493 e. The predicted molar refractivity (Wildman–Crippen MR) is 108 cm³/mol. The van der Waals surface area contributed by atoms with Crippen LogP contribution in [0.25, 0.3) is 11.0 Å². The normalized spacial score (nSPS) is 14.1. The predicted octanol–water partition coefficient (Wildman–Crippen LogP) is 2.51. The highest BCUT2D eigenvalue weighted by atomic mass is 16.5. The third kappa shape index (κ3) is 3.62. The zero-order valence-corrected chi connectivity index (χ0v) is 16.6. The lowest BCUT2D eigenvalue weighted by Gasteiger charge is -2.16. The Kier molecular flexibility index (Phi) is 5.09. The van der Waals surface area contributed by atoms with Gasteiger partial charge in [-0.05, 0) is 60.7 Å². The van der Waals surface area contributed by atoms with Gasteiger partial charge in [-0.2, -0.15) is 0 Å². The highest BCUT2D eigenvalue weighted by molar-refractivity contribution is 5.82. The van der Waals surface area contributed by atoms with Crippen molar-refractivity contribution in [2.75, 3.05) is 21.3 Å². The molecule has 0 amide bonds. The van der Waals surface area contributed by atoms with Crippen molar-refractivity contribution in [2.24, 2.45) is 0 Å². The molecule has 5 heteroatoms. The topological polar surface area (TPSA) is 53.1 Å². The number of methoxy groups -OCH3 is 2. The molecule has 4 rings (SSSR count). The maximum absolute atomic E-state index is 12.1. The molecule has 28 heavy (non-hydrogen) atoms. The summed E-state index contributed by atoms with van der Waals surface area (Å²) in [6.45, 7) is 1.56. The number of quaternary nitrogens is 1. The molecule has 1 atom stereocenters. The van der Waals surface area contributed by atoms with E-state index in [1.54, 1.807) is 20.3 Å². The standard InChI is InChI=1S/C23H25NO4/c1-24(13-15-7-8-20(26-2)22(9-15)27-3)14-18-12-23(25)28-21-11-17-6-4-5-16(17)10-19(18)21/h7-12H,4-6,13-14H2,1-3H3/p+1.